The van der Waals surface area contributed by atoms with Crippen LogP contribution in [0.1, 0.15) is 38.9 Å². The molecule has 0 N–H and O–H groups in total. The summed E-state index contributed by atoms with van der Waals surface area (Å²) in [6, 6.07) is 32.0. The predicted molar refractivity (Wildman–Crippen MR) is 124 cm³/mol. The molecule has 29 heavy (non-hydrogen) atoms. The van der Waals surface area contributed by atoms with Gasteiger partial charge in [-0.25, -0.2) is 0 Å². The zero-order valence-electron chi connectivity index (χ0n) is 16.4. The standard InChI is InChI=1S/C28H21Br/c1-18-10-14-22-23-15-13-21(29)17-27(23)28(26(22)16-18)24-8-4-2-6-19(24)11-12-20-7-3-5-9-25(20)28/h2-10,13-17H,11-12H2,1H3. The monoisotopic (exact) mass is 436 g/mol. The van der Waals surface area contributed by atoms with Crippen LogP contribution in [0.25, 0.3) is 11.1 Å². The highest BCUT2D eigenvalue weighted by atomic mass is 79.9. The summed E-state index contributed by atoms with van der Waals surface area (Å²) >= 11 is 3.77. The molecule has 0 saturated heterocycles. The number of rotatable bonds is 0. The quantitative estimate of drug-likeness (QED) is 0.240. The summed E-state index contributed by atoms with van der Waals surface area (Å²) in [7, 11) is 0. The largest absolute Gasteiger partial charge is 0.0719 e. The predicted octanol–water partition coefficient (Wildman–Crippen LogP) is 7.22. The number of fused-ring (bicyclic) bond motifs is 9. The van der Waals surface area contributed by atoms with E-state index in [-0.39, 0.29) is 5.41 Å². The summed E-state index contributed by atoms with van der Waals surface area (Å²) < 4.78 is 1.14. The summed E-state index contributed by atoms with van der Waals surface area (Å²) in [5.41, 5.74) is 12.4. The maximum absolute atomic E-state index is 3.77. The Labute approximate surface area is 180 Å². The van der Waals surface area contributed by atoms with E-state index in [9.17, 15) is 0 Å². The van der Waals surface area contributed by atoms with Crippen LogP contribution >= 0.6 is 15.9 Å². The van der Waals surface area contributed by atoms with Gasteiger partial charge < -0.3 is 0 Å². The lowest BCUT2D eigenvalue weighted by atomic mass is 9.66. The number of hydrogen-bond acceptors (Lipinski definition) is 0. The highest BCUT2D eigenvalue weighted by Crippen LogP contribution is 2.58. The molecule has 0 unspecified atom stereocenters. The Bertz CT molecular complexity index is 1180. The van der Waals surface area contributed by atoms with Crippen LogP contribution in [-0.2, 0) is 18.3 Å². The number of hydrogen-bond donors (Lipinski definition) is 0. The Morgan fingerprint density at radius 1 is 0.621 bits per heavy atom. The fourth-order valence-corrected chi connectivity index (χ4v) is 5.97. The molecule has 1 heteroatoms. The Balaban J connectivity index is 1.88. The maximum Gasteiger partial charge on any atom is 0.0719 e. The first-order chi connectivity index (χ1) is 14.2. The van der Waals surface area contributed by atoms with Crippen LogP contribution in [0.15, 0.2) is 89.4 Å². The van der Waals surface area contributed by atoms with Gasteiger partial charge in [-0.1, -0.05) is 94.3 Å². The highest BCUT2D eigenvalue weighted by Gasteiger charge is 2.48. The van der Waals surface area contributed by atoms with Crippen molar-refractivity contribution in [3.63, 3.8) is 0 Å². The van der Waals surface area contributed by atoms with E-state index in [2.05, 4.69) is 108 Å². The molecule has 0 fully saturated rings. The molecule has 0 amide bonds. The van der Waals surface area contributed by atoms with Crippen LogP contribution in [0, 0.1) is 6.92 Å². The van der Waals surface area contributed by atoms with Gasteiger partial charge in [-0.05, 0) is 76.4 Å². The Morgan fingerprint density at radius 3 is 1.83 bits per heavy atom. The summed E-state index contributed by atoms with van der Waals surface area (Å²) in [4.78, 5) is 0. The Morgan fingerprint density at radius 2 is 1.17 bits per heavy atom. The molecule has 0 aliphatic heterocycles. The molecule has 6 rings (SSSR count). The topological polar surface area (TPSA) is 0 Å². The second-order valence-corrected chi connectivity index (χ2v) is 9.22. The van der Waals surface area contributed by atoms with Crippen LogP contribution in [0.2, 0.25) is 0 Å². The third-order valence-electron chi connectivity index (χ3n) is 6.76. The SMILES string of the molecule is Cc1ccc2c(c1)C1(c3ccccc3CCc3ccccc31)c1cc(Br)ccc1-2. The lowest BCUT2D eigenvalue weighted by molar-refractivity contribution is 0.760. The van der Waals surface area contributed by atoms with Crippen molar-refractivity contribution in [3.8, 4) is 11.1 Å². The van der Waals surface area contributed by atoms with Gasteiger partial charge in [0.25, 0.3) is 0 Å². The van der Waals surface area contributed by atoms with Crippen molar-refractivity contribution in [1.29, 1.82) is 0 Å². The molecule has 2 aliphatic carbocycles. The van der Waals surface area contributed by atoms with Crippen molar-refractivity contribution in [2.75, 3.05) is 0 Å². The van der Waals surface area contributed by atoms with E-state index in [1.807, 2.05) is 0 Å². The second kappa shape index (κ2) is 6.18. The third kappa shape index (κ3) is 2.25. The summed E-state index contributed by atoms with van der Waals surface area (Å²) in [5.74, 6) is 0. The summed E-state index contributed by atoms with van der Waals surface area (Å²) in [6.45, 7) is 2.21. The van der Waals surface area contributed by atoms with Gasteiger partial charge in [-0.3, -0.25) is 0 Å². The van der Waals surface area contributed by atoms with Crippen LogP contribution in [0.5, 0.6) is 0 Å². The number of aryl methyl sites for hydroxylation is 3. The van der Waals surface area contributed by atoms with E-state index in [0.29, 0.717) is 0 Å². The van der Waals surface area contributed by atoms with Gasteiger partial charge >= 0.3 is 0 Å². The van der Waals surface area contributed by atoms with Gasteiger partial charge in [0.05, 0.1) is 5.41 Å². The van der Waals surface area contributed by atoms with Crippen LogP contribution in [0.4, 0.5) is 0 Å². The fraction of sp³-hybridized carbons (Fsp3) is 0.143. The van der Waals surface area contributed by atoms with Crippen LogP contribution < -0.4 is 0 Å². The minimum atomic E-state index is -0.260. The highest BCUT2D eigenvalue weighted by molar-refractivity contribution is 9.10. The molecule has 0 atom stereocenters. The lowest BCUT2D eigenvalue weighted by Crippen LogP contribution is -2.30. The van der Waals surface area contributed by atoms with Gasteiger partial charge in [0.1, 0.15) is 0 Å². The number of halogens is 1. The molecule has 0 radical (unpaired) electrons. The zero-order valence-corrected chi connectivity index (χ0v) is 18.0. The van der Waals surface area contributed by atoms with Gasteiger partial charge in [0.2, 0.25) is 0 Å². The van der Waals surface area contributed by atoms with Crippen molar-refractivity contribution in [2.45, 2.75) is 25.2 Å². The van der Waals surface area contributed by atoms with E-state index >= 15 is 0 Å². The van der Waals surface area contributed by atoms with Crippen LogP contribution in [0.3, 0.4) is 0 Å². The molecule has 2 aliphatic rings. The minimum absolute atomic E-state index is 0.260. The van der Waals surface area contributed by atoms with E-state index in [1.54, 1.807) is 0 Å². The van der Waals surface area contributed by atoms with Gasteiger partial charge in [-0.2, -0.15) is 0 Å². The lowest BCUT2D eigenvalue weighted by Gasteiger charge is -2.35. The molecule has 0 nitrogen and oxygen atoms in total. The van der Waals surface area contributed by atoms with Crippen molar-refractivity contribution < 1.29 is 0 Å². The Hall–Kier alpha value is -2.64. The van der Waals surface area contributed by atoms with E-state index in [4.69, 9.17) is 0 Å². The van der Waals surface area contributed by atoms with Crippen LogP contribution in [-0.4, -0.2) is 0 Å². The first kappa shape index (κ1) is 17.2. The molecule has 140 valence electrons. The summed E-state index contributed by atoms with van der Waals surface area (Å²) in [6.07, 6.45) is 2.17. The molecule has 0 saturated carbocycles. The first-order valence-corrected chi connectivity index (χ1v) is 11.1. The van der Waals surface area contributed by atoms with Crippen molar-refractivity contribution >= 4 is 15.9 Å². The molecule has 4 aromatic carbocycles. The van der Waals surface area contributed by atoms with Gasteiger partial charge in [-0.15, -0.1) is 0 Å². The summed E-state index contributed by atoms with van der Waals surface area (Å²) in [5, 5.41) is 0. The molecule has 0 heterocycles. The van der Waals surface area contributed by atoms with Crippen molar-refractivity contribution in [1.82, 2.24) is 0 Å². The molecular weight excluding hydrogens is 416 g/mol. The number of benzene rings is 4. The van der Waals surface area contributed by atoms with Crippen molar-refractivity contribution in [3.05, 3.63) is 128 Å². The normalized spacial score (nSPS) is 15.2. The molecule has 1 spiro atoms. The van der Waals surface area contributed by atoms with Crippen molar-refractivity contribution in [2.24, 2.45) is 0 Å². The molecule has 0 aromatic heterocycles. The van der Waals surface area contributed by atoms with E-state index in [0.717, 1.165) is 17.3 Å². The second-order valence-electron chi connectivity index (χ2n) is 8.30. The van der Waals surface area contributed by atoms with E-state index < -0.39 is 0 Å². The van der Waals surface area contributed by atoms with E-state index in [1.165, 1.54) is 50.1 Å². The fourth-order valence-electron chi connectivity index (χ4n) is 5.61. The third-order valence-corrected chi connectivity index (χ3v) is 7.25. The van der Waals surface area contributed by atoms with Gasteiger partial charge in [0.15, 0.2) is 0 Å². The average molecular weight is 437 g/mol. The molecular formula is C28H21Br. The maximum atomic E-state index is 3.77. The zero-order chi connectivity index (χ0) is 19.6. The average Bonchev–Trinajstić information content (AvgIpc) is 2.92. The molecule has 0 bridgehead atoms. The minimum Gasteiger partial charge on any atom is -0.0620 e. The molecule has 4 aromatic rings. The van der Waals surface area contributed by atoms with Gasteiger partial charge in [0, 0.05) is 4.47 Å². The smallest absolute Gasteiger partial charge is 0.0620 e. The Kier molecular flexibility index (Phi) is 3.67. The first-order valence-electron chi connectivity index (χ1n) is 10.3.